The van der Waals surface area contributed by atoms with E-state index in [0.717, 1.165) is 18.8 Å². The molecule has 1 aromatic carbocycles. The monoisotopic (exact) mass is 261 g/mol. The van der Waals surface area contributed by atoms with Crippen LogP contribution in [0.3, 0.4) is 0 Å². The average Bonchev–Trinajstić information content (AvgIpc) is 3.09. The fourth-order valence-electron chi connectivity index (χ4n) is 2.70. The molecule has 104 valence electrons. The quantitative estimate of drug-likeness (QED) is 0.853. The SMILES string of the molecule is CNC(CC1CCCO1)c1cccc(OC2CC2)c1. The van der Waals surface area contributed by atoms with E-state index in [9.17, 15) is 0 Å². The molecule has 1 saturated heterocycles. The van der Waals surface area contributed by atoms with Gasteiger partial charge in [0.2, 0.25) is 0 Å². The number of hydrogen-bond acceptors (Lipinski definition) is 3. The molecule has 2 atom stereocenters. The Morgan fingerprint density at radius 1 is 1.37 bits per heavy atom. The van der Waals surface area contributed by atoms with Crippen molar-refractivity contribution in [1.82, 2.24) is 5.32 Å². The summed E-state index contributed by atoms with van der Waals surface area (Å²) < 4.78 is 11.6. The standard InChI is InChI=1S/C16H23NO2/c1-17-16(11-14-6-3-9-18-14)12-4-2-5-15(10-12)19-13-7-8-13/h2,4-5,10,13-14,16-17H,3,6-9,11H2,1H3. The van der Waals surface area contributed by atoms with Crippen LogP contribution in [-0.4, -0.2) is 25.9 Å². The molecule has 3 heteroatoms. The Balaban J connectivity index is 1.66. The van der Waals surface area contributed by atoms with E-state index in [-0.39, 0.29) is 0 Å². The number of nitrogens with one attached hydrogen (secondary N) is 1. The van der Waals surface area contributed by atoms with Crippen LogP contribution in [0, 0.1) is 0 Å². The molecule has 19 heavy (non-hydrogen) atoms. The smallest absolute Gasteiger partial charge is 0.120 e. The fraction of sp³-hybridized carbons (Fsp3) is 0.625. The lowest BCUT2D eigenvalue weighted by molar-refractivity contribution is 0.0953. The van der Waals surface area contributed by atoms with Crippen LogP contribution in [0.15, 0.2) is 24.3 Å². The molecule has 1 N–H and O–H groups in total. The van der Waals surface area contributed by atoms with E-state index >= 15 is 0 Å². The zero-order chi connectivity index (χ0) is 13.1. The van der Waals surface area contributed by atoms with Gasteiger partial charge in [-0.05, 0) is 56.8 Å². The minimum absolute atomic E-state index is 0.353. The molecule has 3 nitrogen and oxygen atoms in total. The first-order chi connectivity index (χ1) is 9.35. The van der Waals surface area contributed by atoms with Gasteiger partial charge in [0.05, 0.1) is 12.2 Å². The van der Waals surface area contributed by atoms with E-state index in [1.165, 1.54) is 31.2 Å². The Hall–Kier alpha value is -1.06. The summed E-state index contributed by atoms with van der Waals surface area (Å²) in [4.78, 5) is 0. The third-order valence-electron chi connectivity index (χ3n) is 3.96. The molecule has 2 unspecified atom stereocenters. The molecular formula is C16H23NO2. The third-order valence-corrected chi connectivity index (χ3v) is 3.96. The third kappa shape index (κ3) is 3.48. The van der Waals surface area contributed by atoms with Crippen molar-refractivity contribution in [3.05, 3.63) is 29.8 Å². The van der Waals surface area contributed by atoms with Gasteiger partial charge in [-0.15, -0.1) is 0 Å². The first-order valence-corrected chi connectivity index (χ1v) is 7.40. The molecule has 1 aliphatic heterocycles. The van der Waals surface area contributed by atoms with E-state index < -0.39 is 0 Å². The summed E-state index contributed by atoms with van der Waals surface area (Å²) >= 11 is 0. The lowest BCUT2D eigenvalue weighted by Crippen LogP contribution is -2.22. The van der Waals surface area contributed by atoms with Crippen LogP contribution >= 0.6 is 0 Å². The second-order valence-corrected chi connectivity index (χ2v) is 5.60. The minimum Gasteiger partial charge on any atom is -0.490 e. The Morgan fingerprint density at radius 3 is 2.95 bits per heavy atom. The van der Waals surface area contributed by atoms with Crippen LogP contribution in [0.2, 0.25) is 0 Å². The topological polar surface area (TPSA) is 30.5 Å². The largest absolute Gasteiger partial charge is 0.490 e. The zero-order valence-corrected chi connectivity index (χ0v) is 11.6. The molecule has 3 rings (SSSR count). The first kappa shape index (κ1) is 12.9. The van der Waals surface area contributed by atoms with Crippen LogP contribution in [0.25, 0.3) is 0 Å². The highest BCUT2D eigenvalue weighted by atomic mass is 16.5. The van der Waals surface area contributed by atoms with Gasteiger partial charge in [-0.3, -0.25) is 0 Å². The predicted molar refractivity (Wildman–Crippen MR) is 75.5 cm³/mol. The Labute approximate surface area is 115 Å². The van der Waals surface area contributed by atoms with Gasteiger partial charge in [0.15, 0.2) is 0 Å². The molecule has 0 spiro atoms. The zero-order valence-electron chi connectivity index (χ0n) is 11.6. The minimum atomic E-state index is 0.353. The normalized spacial score (nSPS) is 24.4. The second kappa shape index (κ2) is 5.93. The van der Waals surface area contributed by atoms with Crippen molar-refractivity contribution in [2.75, 3.05) is 13.7 Å². The van der Waals surface area contributed by atoms with Crippen LogP contribution in [0.4, 0.5) is 0 Å². The molecule has 1 aromatic rings. The lowest BCUT2D eigenvalue weighted by atomic mass is 9.99. The highest BCUT2D eigenvalue weighted by Crippen LogP contribution is 2.30. The van der Waals surface area contributed by atoms with Crippen LogP contribution < -0.4 is 10.1 Å². The Kier molecular flexibility index (Phi) is 4.04. The molecule has 1 heterocycles. The van der Waals surface area contributed by atoms with E-state index in [1.807, 2.05) is 7.05 Å². The maximum atomic E-state index is 5.87. The average molecular weight is 261 g/mol. The van der Waals surface area contributed by atoms with Gasteiger partial charge in [0, 0.05) is 12.6 Å². The molecule has 1 saturated carbocycles. The number of benzene rings is 1. The molecule has 2 aliphatic rings. The van der Waals surface area contributed by atoms with Gasteiger partial charge in [-0.2, -0.15) is 0 Å². The summed E-state index contributed by atoms with van der Waals surface area (Å²) in [7, 11) is 2.02. The summed E-state index contributed by atoms with van der Waals surface area (Å²) in [6, 6.07) is 8.85. The van der Waals surface area contributed by atoms with E-state index in [1.54, 1.807) is 0 Å². The molecule has 2 fully saturated rings. The lowest BCUT2D eigenvalue weighted by Gasteiger charge is -2.21. The number of hydrogen-bond donors (Lipinski definition) is 1. The summed E-state index contributed by atoms with van der Waals surface area (Å²) in [5.74, 6) is 1.01. The van der Waals surface area contributed by atoms with Crippen LogP contribution in [0.5, 0.6) is 5.75 Å². The van der Waals surface area contributed by atoms with Crippen molar-refractivity contribution in [3.8, 4) is 5.75 Å². The van der Waals surface area contributed by atoms with Crippen LogP contribution in [-0.2, 0) is 4.74 Å². The summed E-state index contributed by atoms with van der Waals surface area (Å²) in [5, 5.41) is 3.41. The molecule has 0 bridgehead atoms. The van der Waals surface area contributed by atoms with E-state index in [2.05, 4.69) is 29.6 Å². The van der Waals surface area contributed by atoms with Crippen molar-refractivity contribution < 1.29 is 9.47 Å². The fourth-order valence-corrected chi connectivity index (χ4v) is 2.70. The van der Waals surface area contributed by atoms with Crippen molar-refractivity contribution in [1.29, 1.82) is 0 Å². The predicted octanol–water partition coefficient (Wildman–Crippen LogP) is 3.06. The number of ether oxygens (including phenoxy) is 2. The maximum Gasteiger partial charge on any atom is 0.120 e. The van der Waals surface area contributed by atoms with Crippen molar-refractivity contribution in [3.63, 3.8) is 0 Å². The molecule has 0 radical (unpaired) electrons. The van der Waals surface area contributed by atoms with Gasteiger partial charge >= 0.3 is 0 Å². The Bertz CT molecular complexity index is 411. The molecule has 0 aromatic heterocycles. The molecule has 1 aliphatic carbocycles. The van der Waals surface area contributed by atoms with E-state index in [0.29, 0.717) is 18.2 Å². The summed E-state index contributed by atoms with van der Waals surface area (Å²) in [5.41, 5.74) is 1.30. The first-order valence-electron chi connectivity index (χ1n) is 7.40. The van der Waals surface area contributed by atoms with Crippen molar-refractivity contribution >= 4 is 0 Å². The van der Waals surface area contributed by atoms with Crippen LogP contribution in [0.1, 0.15) is 43.7 Å². The van der Waals surface area contributed by atoms with Gasteiger partial charge < -0.3 is 14.8 Å². The van der Waals surface area contributed by atoms with Gasteiger partial charge in [-0.1, -0.05) is 12.1 Å². The van der Waals surface area contributed by atoms with Crippen molar-refractivity contribution in [2.45, 2.75) is 50.4 Å². The maximum absolute atomic E-state index is 5.87. The van der Waals surface area contributed by atoms with Crippen molar-refractivity contribution in [2.24, 2.45) is 0 Å². The highest BCUT2D eigenvalue weighted by molar-refractivity contribution is 5.31. The van der Waals surface area contributed by atoms with Gasteiger partial charge in [-0.25, -0.2) is 0 Å². The molecular weight excluding hydrogens is 238 g/mol. The Morgan fingerprint density at radius 2 is 2.26 bits per heavy atom. The second-order valence-electron chi connectivity index (χ2n) is 5.60. The van der Waals surface area contributed by atoms with Gasteiger partial charge in [0.1, 0.15) is 5.75 Å². The summed E-state index contributed by atoms with van der Waals surface area (Å²) in [6.07, 6.45) is 6.71. The summed E-state index contributed by atoms with van der Waals surface area (Å²) in [6.45, 7) is 0.923. The molecule has 0 amide bonds. The van der Waals surface area contributed by atoms with Gasteiger partial charge in [0.25, 0.3) is 0 Å². The highest BCUT2D eigenvalue weighted by Gasteiger charge is 2.24. The van der Waals surface area contributed by atoms with E-state index in [4.69, 9.17) is 9.47 Å². The number of rotatable bonds is 6.